The number of amides is 1. The van der Waals surface area contributed by atoms with Crippen LogP contribution < -0.4 is 14.3 Å². The summed E-state index contributed by atoms with van der Waals surface area (Å²) in [5.41, 5.74) is 3.03. The van der Waals surface area contributed by atoms with Gasteiger partial charge in [0, 0.05) is 11.1 Å². The van der Waals surface area contributed by atoms with Crippen LogP contribution >= 0.6 is 0 Å². The maximum absolute atomic E-state index is 14.1. The molecule has 10 heteroatoms. The van der Waals surface area contributed by atoms with Crippen molar-refractivity contribution in [3.63, 3.8) is 0 Å². The van der Waals surface area contributed by atoms with E-state index in [9.17, 15) is 21.6 Å². The Balaban J connectivity index is 1.68. The molecule has 0 atom stereocenters. The van der Waals surface area contributed by atoms with Gasteiger partial charge < -0.3 is 5.32 Å². The van der Waals surface area contributed by atoms with Crippen LogP contribution in [0.2, 0.25) is 0 Å². The number of nitrogens with zero attached hydrogens (tertiary/aromatic N) is 1. The first-order valence-corrected chi connectivity index (χ1v) is 15.0. The van der Waals surface area contributed by atoms with Gasteiger partial charge in [0.05, 0.1) is 16.3 Å². The highest BCUT2D eigenvalue weighted by molar-refractivity contribution is 7.93. The number of nitrogens with one attached hydrogen (secondary N) is 2. The minimum absolute atomic E-state index is 0.111. The van der Waals surface area contributed by atoms with E-state index in [-0.39, 0.29) is 10.6 Å². The summed E-state index contributed by atoms with van der Waals surface area (Å²) in [5, 5.41) is 4.08. The van der Waals surface area contributed by atoms with Crippen molar-refractivity contribution in [2.75, 3.05) is 23.2 Å². The predicted octanol–water partition coefficient (Wildman–Crippen LogP) is 4.34. The summed E-state index contributed by atoms with van der Waals surface area (Å²) in [5.74, 6) is -0.730. The number of hydrogen-bond acceptors (Lipinski definition) is 5. The van der Waals surface area contributed by atoms with Crippen molar-refractivity contribution in [3.8, 4) is 0 Å². The van der Waals surface area contributed by atoms with Crippen LogP contribution in [0.25, 0.3) is 10.8 Å². The van der Waals surface area contributed by atoms with Crippen LogP contribution in [0, 0.1) is 13.8 Å². The number of aryl methyl sites for hydroxylation is 1. The molecule has 0 aliphatic rings. The topological polar surface area (TPSA) is 113 Å². The number of anilines is 2. The highest BCUT2D eigenvalue weighted by atomic mass is 32.2. The van der Waals surface area contributed by atoms with Gasteiger partial charge in [-0.15, -0.1) is 0 Å². The fourth-order valence-electron chi connectivity index (χ4n) is 4.15. The van der Waals surface area contributed by atoms with Crippen LogP contribution in [-0.2, 0) is 30.6 Å². The second-order valence-electron chi connectivity index (χ2n) is 8.92. The van der Waals surface area contributed by atoms with E-state index in [1.54, 1.807) is 60.7 Å². The lowest BCUT2D eigenvalue weighted by Gasteiger charge is -2.27. The summed E-state index contributed by atoms with van der Waals surface area (Å²) in [4.78, 5) is 13.3. The molecule has 0 spiro atoms. The first kappa shape index (κ1) is 27.3. The van der Waals surface area contributed by atoms with E-state index in [2.05, 4.69) is 10.0 Å². The van der Waals surface area contributed by atoms with Crippen molar-refractivity contribution >= 4 is 48.1 Å². The van der Waals surface area contributed by atoms with Crippen molar-refractivity contribution in [1.29, 1.82) is 0 Å². The van der Waals surface area contributed by atoms with E-state index >= 15 is 0 Å². The fraction of sp³-hybridized carbons (Fsp3) is 0.179. The maximum Gasteiger partial charge on any atom is 0.265 e. The zero-order valence-electron chi connectivity index (χ0n) is 21.3. The Kier molecular flexibility index (Phi) is 7.86. The Bertz CT molecular complexity index is 1700. The molecule has 0 aromatic heterocycles. The summed E-state index contributed by atoms with van der Waals surface area (Å²) < 4.78 is 55.2. The van der Waals surface area contributed by atoms with Crippen LogP contribution in [0.1, 0.15) is 16.7 Å². The molecule has 0 saturated heterocycles. The lowest BCUT2D eigenvalue weighted by Crippen LogP contribution is -2.38. The smallest absolute Gasteiger partial charge is 0.265 e. The summed E-state index contributed by atoms with van der Waals surface area (Å²) in [6.07, 6.45) is 0. The second-order valence-corrected chi connectivity index (χ2v) is 12.7. The molecular formula is C28H29N3O5S2. The Hall–Kier alpha value is -3.73. The van der Waals surface area contributed by atoms with E-state index in [0.717, 1.165) is 20.8 Å². The molecule has 0 radical (unpaired) electrons. The molecule has 0 heterocycles. The molecule has 198 valence electrons. The van der Waals surface area contributed by atoms with Crippen molar-refractivity contribution in [3.05, 3.63) is 102 Å². The molecular weight excluding hydrogens is 522 g/mol. The SMILES string of the molecule is CNS(=O)(=O)Cc1ccc(NC(=O)CN(c2cccc(C)c2C)S(=O)(=O)c2cccc3ccccc23)cc1. The normalized spacial score (nSPS) is 11.9. The molecule has 4 aromatic rings. The number of fused-ring (bicyclic) bond motifs is 1. The van der Waals surface area contributed by atoms with E-state index in [4.69, 9.17) is 0 Å². The molecule has 2 N–H and O–H groups in total. The van der Waals surface area contributed by atoms with E-state index in [1.807, 2.05) is 38.1 Å². The van der Waals surface area contributed by atoms with Gasteiger partial charge in [-0.1, -0.05) is 60.7 Å². The van der Waals surface area contributed by atoms with Crippen LogP contribution in [-0.4, -0.2) is 36.3 Å². The van der Waals surface area contributed by atoms with Crippen LogP contribution in [0.3, 0.4) is 0 Å². The lowest BCUT2D eigenvalue weighted by molar-refractivity contribution is -0.114. The van der Waals surface area contributed by atoms with Crippen molar-refractivity contribution in [2.45, 2.75) is 24.5 Å². The Morgan fingerprint density at radius 2 is 1.47 bits per heavy atom. The molecule has 0 saturated carbocycles. The van der Waals surface area contributed by atoms with Gasteiger partial charge in [-0.3, -0.25) is 9.10 Å². The number of hydrogen-bond donors (Lipinski definition) is 2. The van der Waals surface area contributed by atoms with Gasteiger partial charge in [-0.25, -0.2) is 21.6 Å². The van der Waals surface area contributed by atoms with Crippen LogP contribution in [0.15, 0.2) is 89.8 Å². The van der Waals surface area contributed by atoms with Crippen molar-refractivity contribution in [2.24, 2.45) is 0 Å². The van der Waals surface area contributed by atoms with E-state index in [1.165, 1.54) is 7.05 Å². The summed E-state index contributed by atoms with van der Waals surface area (Å²) in [6, 6.07) is 24.0. The van der Waals surface area contributed by atoms with Crippen LogP contribution in [0.5, 0.6) is 0 Å². The van der Waals surface area contributed by atoms with Gasteiger partial charge in [0.2, 0.25) is 15.9 Å². The highest BCUT2D eigenvalue weighted by Gasteiger charge is 2.30. The zero-order chi connectivity index (χ0) is 27.5. The third-order valence-electron chi connectivity index (χ3n) is 6.36. The first-order valence-electron chi connectivity index (χ1n) is 11.9. The van der Waals surface area contributed by atoms with Gasteiger partial charge in [0.15, 0.2) is 0 Å². The van der Waals surface area contributed by atoms with Gasteiger partial charge in [-0.05, 0) is 67.2 Å². The average molecular weight is 552 g/mol. The van der Waals surface area contributed by atoms with Gasteiger partial charge in [0.1, 0.15) is 6.54 Å². The van der Waals surface area contributed by atoms with E-state index < -0.39 is 32.5 Å². The standard InChI is InChI=1S/C28H29N3O5S2/c1-20-8-6-12-26(21(20)2)31(38(35,36)27-13-7-10-23-9-4-5-11-25(23)27)18-28(32)30-24-16-14-22(15-17-24)19-37(33,34)29-3/h4-17,29H,18-19H2,1-3H3,(H,30,32). The molecule has 4 rings (SSSR count). The molecule has 8 nitrogen and oxygen atoms in total. The molecule has 4 aromatic carbocycles. The Morgan fingerprint density at radius 3 is 2.18 bits per heavy atom. The summed E-state index contributed by atoms with van der Waals surface area (Å²) in [7, 11) is -6.23. The van der Waals surface area contributed by atoms with Gasteiger partial charge in [0.25, 0.3) is 10.0 Å². The fourth-order valence-corrected chi connectivity index (χ4v) is 6.62. The molecule has 0 fully saturated rings. The number of carbonyl (C=O) groups is 1. The summed E-state index contributed by atoms with van der Waals surface area (Å²) >= 11 is 0. The zero-order valence-corrected chi connectivity index (χ0v) is 22.9. The Morgan fingerprint density at radius 1 is 0.816 bits per heavy atom. The second kappa shape index (κ2) is 10.9. The third-order valence-corrected chi connectivity index (χ3v) is 9.51. The molecule has 0 aliphatic carbocycles. The average Bonchev–Trinajstić information content (AvgIpc) is 2.89. The number of carbonyl (C=O) groups excluding carboxylic acids is 1. The molecule has 38 heavy (non-hydrogen) atoms. The van der Waals surface area contributed by atoms with Gasteiger partial charge >= 0.3 is 0 Å². The Labute approximate surface area is 223 Å². The summed E-state index contributed by atoms with van der Waals surface area (Å²) in [6.45, 7) is 3.26. The minimum atomic E-state index is -4.14. The third kappa shape index (κ3) is 5.88. The molecule has 0 unspecified atom stereocenters. The number of sulfonamides is 2. The van der Waals surface area contributed by atoms with E-state index in [0.29, 0.717) is 22.3 Å². The monoisotopic (exact) mass is 551 g/mol. The molecule has 0 bridgehead atoms. The maximum atomic E-state index is 14.1. The molecule has 0 aliphatic heterocycles. The number of rotatable bonds is 9. The number of benzene rings is 4. The van der Waals surface area contributed by atoms with Crippen molar-refractivity contribution < 1.29 is 21.6 Å². The quantitative estimate of drug-likeness (QED) is 0.321. The largest absolute Gasteiger partial charge is 0.325 e. The van der Waals surface area contributed by atoms with Crippen molar-refractivity contribution in [1.82, 2.24) is 4.72 Å². The highest BCUT2D eigenvalue weighted by Crippen LogP contribution is 2.32. The molecule has 1 amide bonds. The minimum Gasteiger partial charge on any atom is -0.325 e. The first-order chi connectivity index (χ1) is 18.0. The lowest BCUT2D eigenvalue weighted by atomic mass is 10.1. The van der Waals surface area contributed by atoms with Crippen LogP contribution in [0.4, 0.5) is 11.4 Å². The van der Waals surface area contributed by atoms with Gasteiger partial charge in [-0.2, -0.15) is 0 Å². The predicted molar refractivity (Wildman–Crippen MR) is 151 cm³/mol.